The molecular weight excluding hydrogens is 318 g/mol. The molecule has 2 fully saturated rings. The van der Waals surface area contributed by atoms with E-state index in [9.17, 15) is 0 Å². The van der Waals surface area contributed by atoms with E-state index in [0.29, 0.717) is 5.41 Å². The van der Waals surface area contributed by atoms with Gasteiger partial charge in [-0.1, -0.05) is 12.8 Å². The number of guanidine groups is 1. The van der Waals surface area contributed by atoms with E-state index in [1.54, 1.807) is 7.11 Å². The van der Waals surface area contributed by atoms with Gasteiger partial charge in [-0.25, -0.2) is 0 Å². The lowest BCUT2D eigenvalue weighted by atomic mass is 9.83. The van der Waals surface area contributed by atoms with Crippen molar-refractivity contribution in [3.63, 3.8) is 0 Å². The first-order valence-corrected chi connectivity index (χ1v) is 9.83. The van der Waals surface area contributed by atoms with E-state index < -0.39 is 0 Å². The zero-order valence-corrected chi connectivity index (χ0v) is 16.4. The summed E-state index contributed by atoms with van der Waals surface area (Å²) in [5, 5.41) is 7.02. The quantitative estimate of drug-likeness (QED) is 0.378. The molecular formula is C19H37N3O3. The van der Waals surface area contributed by atoms with E-state index in [1.807, 2.05) is 7.05 Å². The summed E-state index contributed by atoms with van der Waals surface area (Å²) in [6.45, 7) is 6.98. The molecule has 25 heavy (non-hydrogen) atoms. The van der Waals surface area contributed by atoms with E-state index in [0.717, 1.165) is 64.7 Å². The number of nitrogens with zero attached hydrogens (tertiary/aromatic N) is 1. The summed E-state index contributed by atoms with van der Waals surface area (Å²) in [6, 6.07) is 0. The Kier molecular flexibility index (Phi) is 8.46. The molecule has 0 amide bonds. The number of hydrogen-bond donors (Lipinski definition) is 2. The van der Waals surface area contributed by atoms with Crippen molar-refractivity contribution in [1.82, 2.24) is 10.6 Å². The van der Waals surface area contributed by atoms with Gasteiger partial charge in [0.15, 0.2) is 5.96 Å². The van der Waals surface area contributed by atoms with Gasteiger partial charge in [-0.15, -0.1) is 0 Å². The zero-order chi connectivity index (χ0) is 18.0. The maximum atomic E-state index is 5.80. The molecule has 0 aromatic carbocycles. The molecule has 0 aromatic heterocycles. The third kappa shape index (κ3) is 6.12. The second-order valence-electron chi connectivity index (χ2n) is 7.43. The van der Waals surface area contributed by atoms with Crippen LogP contribution in [0, 0.1) is 5.41 Å². The number of methoxy groups -OCH3 is 1. The zero-order valence-electron chi connectivity index (χ0n) is 16.4. The van der Waals surface area contributed by atoms with Gasteiger partial charge in [0.05, 0.1) is 5.60 Å². The summed E-state index contributed by atoms with van der Waals surface area (Å²) in [5.41, 5.74) is 0.209. The van der Waals surface area contributed by atoms with Gasteiger partial charge < -0.3 is 24.8 Å². The van der Waals surface area contributed by atoms with Gasteiger partial charge in [-0.05, 0) is 31.6 Å². The molecule has 1 aliphatic heterocycles. The lowest BCUT2D eigenvalue weighted by molar-refractivity contribution is -0.0855. The highest BCUT2D eigenvalue weighted by Gasteiger charge is 2.35. The van der Waals surface area contributed by atoms with Crippen molar-refractivity contribution in [3.8, 4) is 0 Å². The molecule has 1 saturated heterocycles. The van der Waals surface area contributed by atoms with Crippen LogP contribution in [0.4, 0.5) is 0 Å². The van der Waals surface area contributed by atoms with Crippen LogP contribution in [-0.4, -0.2) is 65.2 Å². The largest absolute Gasteiger partial charge is 0.382 e. The number of nitrogens with one attached hydrogen (secondary N) is 2. The fourth-order valence-corrected chi connectivity index (χ4v) is 4.01. The van der Waals surface area contributed by atoms with Crippen LogP contribution in [0.15, 0.2) is 4.99 Å². The predicted octanol–water partition coefficient (Wildman–Crippen LogP) is 2.33. The molecule has 1 aliphatic carbocycles. The molecule has 0 unspecified atom stereocenters. The second kappa shape index (κ2) is 10.3. The molecule has 1 saturated carbocycles. The summed E-state index contributed by atoms with van der Waals surface area (Å²) < 4.78 is 16.9. The Labute approximate surface area is 153 Å². The van der Waals surface area contributed by atoms with Gasteiger partial charge in [-0.2, -0.15) is 0 Å². The van der Waals surface area contributed by atoms with Gasteiger partial charge in [-0.3, -0.25) is 4.99 Å². The summed E-state index contributed by atoms with van der Waals surface area (Å²) in [4.78, 5) is 4.40. The number of hydrogen-bond acceptors (Lipinski definition) is 4. The van der Waals surface area contributed by atoms with Crippen molar-refractivity contribution >= 4 is 5.96 Å². The number of aliphatic imine (C=N–C) groups is 1. The van der Waals surface area contributed by atoms with E-state index in [-0.39, 0.29) is 5.60 Å². The van der Waals surface area contributed by atoms with Gasteiger partial charge in [0, 0.05) is 66.5 Å². The molecule has 0 spiro atoms. The average Bonchev–Trinajstić information content (AvgIpc) is 3.12. The lowest BCUT2D eigenvalue weighted by Crippen LogP contribution is -2.52. The van der Waals surface area contributed by atoms with Crippen LogP contribution >= 0.6 is 0 Å². The Hall–Kier alpha value is -0.850. The van der Waals surface area contributed by atoms with Crippen LogP contribution in [0.5, 0.6) is 0 Å². The van der Waals surface area contributed by atoms with E-state index in [2.05, 4.69) is 22.5 Å². The Morgan fingerprint density at radius 1 is 1.08 bits per heavy atom. The minimum Gasteiger partial charge on any atom is -0.382 e. The summed E-state index contributed by atoms with van der Waals surface area (Å²) in [7, 11) is 3.63. The van der Waals surface area contributed by atoms with Crippen molar-refractivity contribution in [3.05, 3.63) is 0 Å². The maximum absolute atomic E-state index is 5.80. The van der Waals surface area contributed by atoms with Gasteiger partial charge in [0.2, 0.25) is 0 Å². The van der Waals surface area contributed by atoms with Crippen LogP contribution in [0.1, 0.15) is 51.9 Å². The molecule has 1 heterocycles. The summed E-state index contributed by atoms with van der Waals surface area (Å²) in [5.74, 6) is 0.866. The van der Waals surface area contributed by atoms with Gasteiger partial charge >= 0.3 is 0 Å². The Bertz CT molecular complexity index is 403. The standard InChI is InChI=1S/C19H37N3O3/c1-4-24-12-9-18(7-5-6-8-18)15-21-17(20-2)22-16-19(23-3)10-13-25-14-11-19/h4-16H2,1-3H3,(H2,20,21,22). The van der Waals surface area contributed by atoms with Crippen molar-refractivity contribution < 1.29 is 14.2 Å². The van der Waals surface area contributed by atoms with E-state index in [1.165, 1.54) is 25.7 Å². The van der Waals surface area contributed by atoms with Crippen LogP contribution in [-0.2, 0) is 14.2 Å². The molecule has 2 N–H and O–H groups in total. The summed E-state index contributed by atoms with van der Waals surface area (Å²) >= 11 is 0. The molecule has 6 nitrogen and oxygen atoms in total. The van der Waals surface area contributed by atoms with Gasteiger partial charge in [0.1, 0.15) is 0 Å². The van der Waals surface area contributed by atoms with Crippen LogP contribution in [0.3, 0.4) is 0 Å². The van der Waals surface area contributed by atoms with Crippen LogP contribution < -0.4 is 10.6 Å². The molecule has 0 bridgehead atoms. The molecule has 2 aliphatic rings. The minimum absolute atomic E-state index is 0.143. The first-order chi connectivity index (χ1) is 12.2. The normalized spacial score (nSPS) is 22.8. The van der Waals surface area contributed by atoms with Crippen molar-refractivity contribution in [2.24, 2.45) is 10.4 Å². The third-order valence-corrected chi connectivity index (χ3v) is 5.91. The molecule has 2 rings (SSSR count). The minimum atomic E-state index is -0.143. The van der Waals surface area contributed by atoms with Crippen LogP contribution in [0.25, 0.3) is 0 Å². The highest BCUT2D eigenvalue weighted by molar-refractivity contribution is 5.79. The van der Waals surface area contributed by atoms with Gasteiger partial charge in [0.25, 0.3) is 0 Å². The first kappa shape index (κ1) is 20.5. The topological polar surface area (TPSA) is 64.1 Å². The van der Waals surface area contributed by atoms with Crippen molar-refractivity contribution in [2.75, 3.05) is 53.7 Å². The van der Waals surface area contributed by atoms with Crippen molar-refractivity contribution in [1.29, 1.82) is 0 Å². The molecule has 6 heteroatoms. The highest BCUT2D eigenvalue weighted by atomic mass is 16.5. The smallest absolute Gasteiger partial charge is 0.191 e. The molecule has 0 aromatic rings. The third-order valence-electron chi connectivity index (χ3n) is 5.91. The number of rotatable bonds is 9. The predicted molar refractivity (Wildman–Crippen MR) is 101 cm³/mol. The molecule has 0 atom stereocenters. The summed E-state index contributed by atoms with van der Waals surface area (Å²) in [6.07, 6.45) is 8.19. The fourth-order valence-electron chi connectivity index (χ4n) is 4.01. The van der Waals surface area contributed by atoms with Crippen molar-refractivity contribution in [2.45, 2.75) is 57.5 Å². The second-order valence-corrected chi connectivity index (χ2v) is 7.43. The van der Waals surface area contributed by atoms with E-state index in [4.69, 9.17) is 14.2 Å². The maximum Gasteiger partial charge on any atom is 0.191 e. The number of ether oxygens (including phenoxy) is 3. The Morgan fingerprint density at radius 2 is 1.76 bits per heavy atom. The lowest BCUT2D eigenvalue weighted by Gasteiger charge is -2.36. The van der Waals surface area contributed by atoms with Crippen LogP contribution in [0.2, 0.25) is 0 Å². The Balaban J connectivity index is 1.82. The van der Waals surface area contributed by atoms with E-state index >= 15 is 0 Å². The Morgan fingerprint density at radius 3 is 2.36 bits per heavy atom. The fraction of sp³-hybridized carbons (Fsp3) is 0.947. The molecule has 146 valence electrons. The highest BCUT2D eigenvalue weighted by Crippen LogP contribution is 2.40. The molecule has 0 radical (unpaired) electrons. The first-order valence-electron chi connectivity index (χ1n) is 9.83. The monoisotopic (exact) mass is 355 g/mol. The average molecular weight is 356 g/mol. The SMILES string of the molecule is CCOCCC1(CNC(=NC)NCC2(OC)CCOCC2)CCCC1.